The number of hydrogen-bond acceptors (Lipinski definition) is 4. The summed E-state index contributed by atoms with van der Waals surface area (Å²) < 4.78 is 0. The van der Waals surface area contributed by atoms with Crippen molar-refractivity contribution < 1.29 is 9.59 Å². The van der Waals surface area contributed by atoms with Crippen LogP contribution in [0.1, 0.15) is 37.6 Å². The zero-order chi connectivity index (χ0) is 15.0. The number of carbonyl (C=O) groups excluding carboxylic acids is 2. The molecule has 2 aliphatic heterocycles. The van der Waals surface area contributed by atoms with Crippen LogP contribution in [-0.2, 0) is 16.1 Å². The van der Waals surface area contributed by atoms with Crippen molar-refractivity contribution in [3.05, 3.63) is 23.8 Å². The van der Waals surface area contributed by atoms with E-state index in [1.54, 1.807) is 29.1 Å². The minimum atomic E-state index is -0.421. The van der Waals surface area contributed by atoms with Gasteiger partial charge in [-0.3, -0.25) is 19.6 Å². The van der Waals surface area contributed by atoms with Crippen molar-refractivity contribution in [2.45, 2.75) is 51.7 Å². The summed E-state index contributed by atoms with van der Waals surface area (Å²) in [7, 11) is 0. The summed E-state index contributed by atoms with van der Waals surface area (Å²) >= 11 is 0. The second kappa shape index (κ2) is 5.42. The molecule has 21 heavy (non-hydrogen) atoms. The molecule has 0 radical (unpaired) electrons. The summed E-state index contributed by atoms with van der Waals surface area (Å²) in [6.07, 6.45) is 6.13. The number of carbonyl (C=O) groups is 2. The lowest BCUT2D eigenvalue weighted by atomic mass is 9.95. The number of aryl methyl sites for hydroxylation is 1. The second-order valence-electron chi connectivity index (χ2n) is 5.83. The lowest BCUT2D eigenvalue weighted by Crippen LogP contribution is -2.64. The van der Waals surface area contributed by atoms with Crippen molar-refractivity contribution in [2.24, 2.45) is 0 Å². The molecule has 0 aliphatic carbocycles. The van der Waals surface area contributed by atoms with Crippen molar-refractivity contribution in [3.8, 4) is 0 Å². The Morgan fingerprint density at radius 2 is 2.00 bits per heavy atom. The summed E-state index contributed by atoms with van der Waals surface area (Å²) in [5, 5.41) is 0. The third kappa shape index (κ3) is 2.50. The van der Waals surface area contributed by atoms with Crippen molar-refractivity contribution in [1.29, 1.82) is 0 Å². The lowest BCUT2D eigenvalue weighted by Gasteiger charge is -2.45. The molecule has 0 spiro atoms. The number of hydrogen-bond donors (Lipinski definition) is 0. The highest BCUT2D eigenvalue weighted by atomic mass is 16.2. The molecule has 3 heterocycles. The Morgan fingerprint density at radius 3 is 2.71 bits per heavy atom. The fourth-order valence-electron chi connectivity index (χ4n) is 3.10. The van der Waals surface area contributed by atoms with E-state index in [1.165, 1.54) is 0 Å². The molecule has 3 rings (SSSR count). The highest BCUT2D eigenvalue weighted by Crippen LogP contribution is 2.26. The Labute approximate surface area is 124 Å². The SMILES string of the molecule is Cc1cnc(CN2C(=O)C3CCCCN3C(=O)C2C)cn1. The third-order valence-corrected chi connectivity index (χ3v) is 4.35. The minimum Gasteiger partial charge on any atom is -0.329 e. The molecule has 2 fully saturated rings. The van der Waals surface area contributed by atoms with Crippen molar-refractivity contribution in [3.63, 3.8) is 0 Å². The molecule has 2 saturated heterocycles. The topological polar surface area (TPSA) is 66.4 Å². The first kappa shape index (κ1) is 14.0. The number of rotatable bonds is 2. The average molecular weight is 288 g/mol. The highest BCUT2D eigenvalue weighted by molar-refractivity contribution is 5.96. The smallest absolute Gasteiger partial charge is 0.246 e. The highest BCUT2D eigenvalue weighted by Gasteiger charge is 2.44. The molecule has 0 bridgehead atoms. The van der Waals surface area contributed by atoms with Gasteiger partial charge >= 0.3 is 0 Å². The first-order chi connectivity index (χ1) is 10.1. The predicted molar refractivity (Wildman–Crippen MR) is 76.1 cm³/mol. The number of amides is 2. The van der Waals surface area contributed by atoms with E-state index in [-0.39, 0.29) is 17.9 Å². The van der Waals surface area contributed by atoms with Gasteiger partial charge in [0.1, 0.15) is 12.1 Å². The molecule has 0 aromatic carbocycles. The van der Waals surface area contributed by atoms with Gasteiger partial charge in [-0.05, 0) is 33.1 Å². The van der Waals surface area contributed by atoms with Crippen LogP contribution in [0.2, 0.25) is 0 Å². The van der Waals surface area contributed by atoms with Gasteiger partial charge < -0.3 is 9.80 Å². The van der Waals surface area contributed by atoms with Gasteiger partial charge in [0.2, 0.25) is 11.8 Å². The van der Waals surface area contributed by atoms with Crippen LogP contribution in [0.15, 0.2) is 12.4 Å². The average Bonchev–Trinajstić information content (AvgIpc) is 2.51. The molecule has 6 nitrogen and oxygen atoms in total. The Balaban J connectivity index is 1.82. The maximum atomic E-state index is 12.7. The molecule has 1 aromatic heterocycles. The molecule has 112 valence electrons. The molecule has 0 N–H and O–H groups in total. The number of piperidine rings is 1. The summed E-state index contributed by atoms with van der Waals surface area (Å²) in [6.45, 7) is 4.72. The zero-order valence-corrected chi connectivity index (χ0v) is 12.5. The molecule has 2 atom stereocenters. The van der Waals surface area contributed by atoms with Crippen LogP contribution < -0.4 is 0 Å². The van der Waals surface area contributed by atoms with E-state index >= 15 is 0 Å². The fourth-order valence-corrected chi connectivity index (χ4v) is 3.10. The third-order valence-electron chi connectivity index (χ3n) is 4.35. The van der Waals surface area contributed by atoms with Gasteiger partial charge in [0, 0.05) is 12.7 Å². The molecule has 2 aliphatic rings. The van der Waals surface area contributed by atoms with E-state index in [0.29, 0.717) is 13.1 Å². The van der Waals surface area contributed by atoms with Crippen molar-refractivity contribution >= 4 is 11.8 Å². The van der Waals surface area contributed by atoms with Crippen LogP contribution in [0.4, 0.5) is 0 Å². The summed E-state index contributed by atoms with van der Waals surface area (Å²) in [4.78, 5) is 37.0. The zero-order valence-electron chi connectivity index (χ0n) is 12.5. The van der Waals surface area contributed by atoms with Gasteiger partial charge in [-0.1, -0.05) is 0 Å². The Hall–Kier alpha value is -1.98. The van der Waals surface area contributed by atoms with E-state index in [0.717, 1.165) is 30.7 Å². The first-order valence-electron chi connectivity index (χ1n) is 7.46. The lowest BCUT2D eigenvalue weighted by molar-refractivity contribution is -0.163. The molecule has 2 unspecified atom stereocenters. The molecule has 0 saturated carbocycles. The number of nitrogens with zero attached hydrogens (tertiary/aromatic N) is 4. The van der Waals surface area contributed by atoms with Gasteiger partial charge in [0.05, 0.1) is 24.1 Å². The first-order valence-corrected chi connectivity index (χ1v) is 7.46. The Bertz CT molecular complexity index is 557. The van der Waals surface area contributed by atoms with E-state index < -0.39 is 6.04 Å². The van der Waals surface area contributed by atoms with Gasteiger partial charge in [-0.15, -0.1) is 0 Å². The summed E-state index contributed by atoms with van der Waals surface area (Å²) in [5.74, 6) is 0.101. The minimum absolute atomic E-state index is 0.0455. The van der Waals surface area contributed by atoms with Crippen LogP contribution in [0, 0.1) is 6.92 Å². The molecule has 6 heteroatoms. The maximum absolute atomic E-state index is 12.7. The van der Waals surface area contributed by atoms with Crippen LogP contribution in [0.3, 0.4) is 0 Å². The monoisotopic (exact) mass is 288 g/mol. The van der Waals surface area contributed by atoms with Gasteiger partial charge in [-0.2, -0.15) is 0 Å². The normalized spacial score (nSPS) is 26.0. The van der Waals surface area contributed by atoms with Gasteiger partial charge in [-0.25, -0.2) is 0 Å². The largest absolute Gasteiger partial charge is 0.329 e. The Kier molecular flexibility index (Phi) is 3.61. The fraction of sp³-hybridized carbons (Fsp3) is 0.600. The molecule has 2 amide bonds. The summed E-state index contributed by atoms with van der Waals surface area (Å²) in [6, 6.07) is -0.698. The quantitative estimate of drug-likeness (QED) is 0.811. The van der Waals surface area contributed by atoms with E-state index in [4.69, 9.17) is 0 Å². The van der Waals surface area contributed by atoms with E-state index in [9.17, 15) is 9.59 Å². The van der Waals surface area contributed by atoms with E-state index in [1.807, 2.05) is 6.92 Å². The number of aromatic nitrogens is 2. The molecule has 1 aromatic rings. The van der Waals surface area contributed by atoms with E-state index in [2.05, 4.69) is 9.97 Å². The molecular formula is C15H20N4O2. The second-order valence-corrected chi connectivity index (χ2v) is 5.83. The Morgan fingerprint density at radius 1 is 1.19 bits per heavy atom. The van der Waals surface area contributed by atoms with Crippen molar-refractivity contribution in [1.82, 2.24) is 19.8 Å². The van der Waals surface area contributed by atoms with Crippen LogP contribution in [0.25, 0.3) is 0 Å². The van der Waals surface area contributed by atoms with Gasteiger partial charge in [0.25, 0.3) is 0 Å². The van der Waals surface area contributed by atoms with Crippen LogP contribution >= 0.6 is 0 Å². The number of fused-ring (bicyclic) bond motifs is 1. The number of piperazine rings is 1. The van der Waals surface area contributed by atoms with Crippen LogP contribution in [0.5, 0.6) is 0 Å². The molecular weight excluding hydrogens is 268 g/mol. The van der Waals surface area contributed by atoms with Crippen molar-refractivity contribution in [2.75, 3.05) is 6.54 Å². The summed E-state index contributed by atoms with van der Waals surface area (Å²) in [5.41, 5.74) is 1.56. The maximum Gasteiger partial charge on any atom is 0.246 e. The van der Waals surface area contributed by atoms with Gasteiger partial charge in [0.15, 0.2) is 0 Å². The standard InChI is InChI=1S/C15H20N4O2/c1-10-7-17-12(8-16-10)9-19-11(2)14(20)18-6-4-3-5-13(18)15(19)21/h7-8,11,13H,3-6,9H2,1-2H3. The predicted octanol–water partition coefficient (Wildman–Crippen LogP) is 0.897. The van der Waals surface area contributed by atoms with Crippen LogP contribution in [-0.4, -0.2) is 50.2 Å².